The number of carboxylic acid groups (broad SMARTS) is 1. The third-order valence-corrected chi connectivity index (χ3v) is 5.33. The molecule has 5 nitrogen and oxygen atoms in total. The second-order valence-corrected chi connectivity index (χ2v) is 7.03. The van der Waals surface area contributed by atoms with E-state index in [1.165, 1.54) is 31.4 Å². The van der Waals surface area contributed by atoms with E-state index in [1.54, 1.807) is 6.07 Å². The molecule has 1 saturated carbocycles. The Balaban J connectivity index is 1.49. The molecule has 24 heavy (non-hydrogen) atoms. The summed E-state index contributed by atoms with van der Waals surface area (Å²) in [4.78, 5) is 13.3. The summed E-state index contributed by atoms with van der Waals surface area (Å²) in [6, 6.07) is 4.55. The molecule has 1 aromatic carbocycles. The van der Waals surface area contributed by atoms with E-state index >= 15 is 0 Å². The van der Waals surface area contributed by atoms with E-state index < -0.39 is 5.97 Å². The van der Waals surface area contributed by atoms with Gasteiger partial charge in [0.25, 0.3) is 0 Å². The lowest BCUT2D eigenvalue weighted by molar-refractivity contribution is 0.0696. The van der Waals surface area contributed by atoms with E-state index in [0.29, 0.717) is 23.3 Å². The largest absolute Gasteiger partial charge is 0.491 e. The van der Waals surface area contributed by atoms with Crippen LogP contribution in [0.4, 0.5) is 0 Å². The van der Waals surface area contributed by atoms with Crippen molar-refractivity contribution in [3.63, 3.8) is 0 Å². The number of nitrogens with zero attached hydrogens (tertiary/aromatic N) is 1. The molecule has 6 heteroatoms. The van der Waals surface area contributed by atoms with Gasteiger partial charge in [-0.15, -0.1) is 0 Å². The zero-order valence-corrected chi connectivity index (χ0v) is 14.5. The number of halogens is 1. The Morgan fingerprint density at radius 3 is 2.88 bits per heavy atom. The van der Waals surface area contributed by atoms with E-state index in [4.69, 9.17) is 26.2 Å². The van der Waals surface area contributed by atoms with Gasteiger partial charge >= 0.3 is 5.97 Å². The summed E-state index contributed by atoms with van der Waals surface area (Å²) in [5, 5.41) is 9.28. The molecule has 132 valence electrons. The predicted octanol–water partition coefficient (Wildman–Crippen LogP) is 3.17. The Labute approximate surface area is 147 Å². The predicted molar refractivity (Wildman–Crippen MR) is 92.0 cm³/mol. The Morgan fingerprint density at radius 1 is 1.38 bits per heavy atom. The molecule has 0 bridgehead atoms. The summed E-state index contributed by atoms with van der Waals surface area (Å²) >= 11 is 6.09. The molecule has 1 aliphatic carbocycles. The number of carbonyl (C=O) groups is 1. The molecule has 2 fully saturated rings. The molecular weight excluding hydrogens is 330 g/mol. The summed E-state index contributed by atoms with van der Waals surface area (Å²) in [6.07, 6.45) is 4.03. The van der Waals surface area contributed by atoms with Crippen LogP contribution in [0.1, 0.15) is 29.6 Å². The van der Waals surface area contributed by atoms with Crippen LogP contribution in [0, 0.1) is 11.8 Å². The van der Waals surface area contributed by atoms with Crippen LogP contribution < -0.4 is 4.74 Å². The first kappa shape index (κ1) is 17.5. The van der Waals surface area contributed by atoms with Crippen LogP contribution >= 0.6 is 11.6 Å². The third-order valence-electron chi connectivity index (χ3n) is 5.04. The molecule has 1 unspecified atom stereocenters. The van der Waals surface area contributed by atoms with Gasteiger partial charge < -0.3 is 14.6 Å². The molecule has 1 aromatic rings. The van der Waals surface area contributed by atoms with Crippen LogP contribution in [0.15, 0.2) is 18.2 Å². The van der Waals surface area contributed by atoms with E-state index in [1.807, 2.05) is 0 Å². The van der Waals surface area contributed by atoms with Gasteiger partial charge in [-0.1, -0.05) is 30.9 Å². The molecule has 0 radical (unpaired) electrons. The summed E-state index contributed by atoms with van der Waals surface area (Å²) in [6.45, 7) is 5.01. The highest BCUT2D eigenvalue weighted by molar-refractivity contribution is 6.32. The number of carboxylic acids is 1. The van der Waals surface area contributed by atoms with Gasteiger partial charge in [-0.25, -0.2) is 4.79 Å². The number of hydrogen-bond donors (Lipinski definition) is 1. The van der Waals surface area contributed by atoms with Gasteiger partial charge in [0, 0.05) is 19.6 Å². The van der Waals surface area contributed by atoms with Crippen molar-refractivity contribution >= 4 is 17.6 Å². The minimum absolute atomic E-state index is 0.167. The van der Waals surface area contributed by atoms with Crippen LogP contribution in [-0.2, 0) is 4.74 Å². The standard InChI is InChI=1S/C18H24ClNO4/c19-16-10-14(18(21)22)4-5-17(16)24-9-7-20-6-8-23-12-15(11-20)13-2-1-3-13/h4-5,10,13,15H,1-3,6-9,11-12H2,(H,21,22). The minimum Gasteiger partial charge on any atom is -0.491 e. The van der Waals surface area contributed by atoms with Crippen molar-refractivity contribution in [2.45, 2.75) is 19.3 Å². The molecular formula is C18H24ClNO4. The van der Waals surface area contributed by atoms with Crippen molar-refractivity contribution in [1.82, 2.24) is 4.90 Å². The molecule has 0 aromatic heterocycles. The van der Waals surface area contributed by atoms with Gasteiger partial charge in [0.05, 0.1) is 23.8 Å². The van der Waals surface area contributed by atoms with Crippen molar-refractivity contribution in [2.24, 2.45) is 11.8 Å². The highest BCUT2D eigenvalue weighted by Gasteiger charge is 2.30. The fourth-order valence-corrected chi connectivity index (χ4v) is 3.57. The lowest BCUT2D eigenvalue weighted by atomic mass is 9.76. The molecule has 0 spiro atoms. The SMILES string of the molecule is O=C(O)c1ccc(OCCN2CCOCC(C3CCC3)C2)c(Cl)c1. The maximum absolute atomic E-state index is 10.9. The van der Waals surface area contributed by atoms with E-state index in [2.05, 4.69) is 4.90 Å². The van der Waals surface area contributed by atoms with E-state index in [0.717, 1.165) is 38.8 Å². The fourth-order valence-electron chi connectivity index (χ4n) is 3.34. The molecule has 1 N–H and O–H groups in total. The Bertz CT molecular complexity index is 576. The van der Waals surface area contributed by atoms with Crippen LogP contribution in [0.2, 0.25) is 5.02 Å². The van der Waals surface area contributed by atoms with Crippen LogP contribution in [-0.4, -0.2) is 55.4 Å². The number of aromatic carboxylic acids is 1. The summed E-state index contributed by atoms with van der Waals surface area (Å²) < 4.78 is 11.5. The second kappa shape index (κ2) is 8.19. The van der Waals surface area contributed by atoms with Crippen molar-refractivity contribution in [3.05, 3.63) is 28.8 Å². The molecule has 1 heterocycles. The summed E-state index contributed by atoms with van der Waals surface area (Å²) in [5.74, 6) is 1.00. The quantitative estimate of drug-likeness (QED) is 0.851. The third kappa shape index (κ3) is 4.41. The van der Waals surface area contributed by atoms with Crippen LogP contribution in [0.3, 0.4) is 0 Å². The fraction of sp³-hybridized carbons (Fsp3) is 0.611. The average Bonchev–Trinajstić information content (AvgIpc) is 2.72. The zero-order valence-electron chi connectivity index (χ0n) is 13.7. The topological polar surface area (TPSA) is 59.0 Å². The van der Waals surface area contributed by atoms with E-state index in [9.17, 15) is 4.79 Å². The maximum Gasteiger partial charge on any atom is 0.335 e. The first-order valence-electron chi connectivity index (χ1n) is 8.59. The van der Waals surface area contributed by atoms with Gasteiger partial charge in [0.2, 0.25) is 0 Å². The lowest BCUT2D eigenvalue weighted by Gasteiger charge is -2.34. The smallest absolute Gasteiger partial charge is 0.335 e. The molecule has 3 rings (SSSR count). The van der Waals surface area contributed by atoms with Crippen molar-refractivity contribution in [3.8, 4) is 5.75 Å². The van der Waals surface area contributed by atoms with Crippen molar-refractivity contribution in [1.29, 1.82) is 0 Å². The molecule has 1 saturated heterocycles. The minimum atomic E-state index is -0.991. The zero-order chi connectivity index (χ0) is 16.9. The van der Waals surface area contributed by atoms with Gasteiger partial charge in [0.1, 0.15) is 12.4 Å². The molecule has 0 amide bonds. The summed E-state index contributed by atoms with van der Waals surface area (Å²) in [7, 11) is 0. The summed E-state index contributed by atoms with van der Waals surface area (Å²) in [5.41, 5.74) is 0.167. The van der Waals surface area contributed by atoms with Crippen molar-refractivity contribution < 1.29 is 19.4 Å². The van der Waals surface area contributed by atoms with Gasteiger partial charge in [0.15, 0.2) is 0 Å². The van der Waals surface area contributed by atoms with Gasteiger partial charge in [-0.05, 0) is 30.0 Å². The normalized spacial score (nSPS) is 22.6. The Hall–Kier alpha value is -1.30. The average molecular weight is 354 g/mol. The van der Waals surface area contributed by atoms with Crippen molar-refractivity contribution in [2.75, 3.05) is 39.5 Å². The second-order valence-electron chi connectivity index (χ2n) is 6.63. The first-order valence-corrected chi connectivity index (χ1v) is 8.97. The van der Waals surface area contributed by atoms with Gasteiger partial charge in [-0.2, -0.15) is 0 Å². The Kier molecular flexibility index (Phi) is 5.98. The van der Waals surface area contributed by atoms with Gasteiger partial charge in [-0.3, -0.25) is 4.90 Å². The van der Waals surface area contributed by atoms with E-state index in [-0.39, 0.29) is 5.56 Å². The highest BCUT2D eigenvalue weighted by Crippen LogP contribution is 2.34. The number of ether oxygens (including phenoxy) is 2. The first-order chi connectivity index (χ1) is 11.6. The Morgan fingerprint density at radius 2 is 2.21 bits per heavy atom. The monoisotopic (exact) mass is 353 g/mol. The number of rotatable bonds is 6. The van der Waals surface area contributed by atoms with Crippen LogP contribution in [0.25, 0.3) is 0 Å². The molecule has 2 aliphatic rings. The molecule has 1 atom stereocenters. The number of benzene rings is 1. The highest BCUT2D eigenvalue weighted by atomic mass is 35.5. The molecule has 1 aliphatic heterocycles. The van der Waals surface area contributed by atoms with Crippen LogP contribution in [0.5, 0.6) is 5.75 Å². The maximum atomic E-state index is 10.9. The lowest BCUT2D eigenvalue weighted by Crippen LogP contribution is -2.37. The number of hydrogen-bond acceptors (Lipinski definition) is 4.